The summed E-state index contributed by atoms with van der Waals surface area (Å²) in [5.41, 5.74) is 0.493. The molecule has 1 aromatic carbocycles. The van der Waals surface area contributed by atoms with Crippen LogP contribution in [0.1, 0.15) is 0 Å². The van der Waals surface area contributed by atoms with E-state index in [9.17, 15) is 4.79 Å². The summed E-state index contributed by atoms with van der Waals surface area (Å²) in [6.45, 7) is 1.40. The number of hydrogen-bond donors (Lipinski definition) is 2. The number of rotatable bonds is 2. The molecule has 16 heavy (non-hydrogen) atoms. The van der Waals surface area contributed by atoms with Crippen LogP contribution in [0.5, 0.6) is 0 Å². The molecule has 1 aliphatic heterocycles. The zero-order chi connectivity index (χ0) is 11.7. The van der Waals surface area contributed by atoms with E-state index in [1.807, 2.05) is 0 Å². The minimum Gasteiger partial charge on any atom is -0.324 e. The second-order valence-corrected chi connectivity index (χ2v) is 4.81. The molecular weight excluding hydrogens is 270 g/mol. The van der Waals surface area contributed by atoms with Gasteiger partial charge in [-0.1, -0.05) is 34.8 Å². The van der Waals surface area contributed by atoms with Crippen molar-refractivity contribution in [2.75, 3.05) is 18.4 Å². The Hall–Kier alpha value is -0.480. The third-order valence-corrected chi connectivity index (χ3v) is 3.45. The predicted octanol–water partition coefficient (Wildman–Crippen LogP) is 2.80. The number of halogens is 3. The first kappa shape index (κ1) is 12.0. The molecule has 86 valence electrons. The molecule has 1 heterocycles. The van der Waals surface area contributed by atoms with Crippen molar-refractivity contribution >= 4 is 46.4 Å². The largest absolute Gasteiger partial charge is 0.324 e. The quantitative estimate of drug-likeness (QED) is 0.817. The van der Waals surface area contributed by atoms with Gasteiger partial charge in [-0.2, -0.15) is 0 Å². The second-order valence-electron chi connectivity index (χ2n) is 3.59. The molecule has 1 saturated heterocycles. The molecule has 0 unspecified atom stereocenters. The number of amides is 1. The second kappa shape index (κ2) is 4.80. The standard InChI is InChI=1S/C10H9Cl3N2O/c11-6-1-8(13)9(2-7(6)12)15-10(16)5-3-14-4-5/h1-2,5,14H,3-4H2,(H,15,16). The molecule has 3 nitrogen and oxygen atoms in total. The van der Waals surface area contributed by atoms with Crippen LogP contribution >= 0.6 is 34.8 Å². The van der Waals surface area contributed by atoms with E-state index >= 15 is 0 Å². The molecule has 1 amide bonds. The zero-order valence-corrected chi connectivity index (χ0v) is 10.5. The first-order valence-corrected chi connectivity index (χ1v) is 5.87. The summed E-state index contributed by atoms with van der Waals surface area (Å²) in [5, 5.41) is 6.87. The lowest BCUT2D eigenvalue weighted by molar-refractivity contribution is -0.121. The fraction of sp³-hybridized carbons (Fsp3) is 0.300. The molecule has 0 spiro atoms. The summed E-state index contributed by atoms with van der Waals surface area (Å²) in [5.74, 6) is -0.0513. The molecule has 0 aromatic heterocycles. The predicted molar refractivity (Wildman–Crippen MR) is 66.5 cm³/mol. The lowest BCUT2D eigenvalue weighted by Crippen LogP contribution is -2.48. The van der Waals surface area contributed by atoms with Gasteiger partial charge in [-0.3, -0.25) is 4.79 Å². The summed E-state index contributed by atoms with van der Waals surface area (Å²) in [4.78, 5) is 11.7. The number of carbonyl (C=O) groups excluding carboxylic acids is 1. The van der Waals surface area contributed by atoms with Gasteiger partial charge in [0, 0.05) is 13.1 Å². The fourth-order valence-corrected chi connectivity index (χ4v) is 1.92. The van der Waals surface area contributed by atoms with Crippen LogP contribution < -0.4 is 10.6 Å². The minimum absolute atomic E-state index is 0.00511. The van der Waals surface area contributed by atoms with Crippen LogP contribution in [0.25, 0.3) is 0 Å². The van der Waals surface area contributed by atoms with Gasteiger partial charge in [0.2, 0.25) is 5.91 Å². The molecule has 2 N–H and O–H groups in total. The van der Waals surface area contributed by atoms with Gasteiger partial charge in [0.1, 0.15) is 0 Å². The van der Waals surface area contributed by atoms with Crippen molar-refractivity contribution in [3.8, 4) is 0 Å². The van der Waals surface area contributed by atoms with E-state index in [-0.39, 0.29) is 11.8 Å². The molecule has 0 bridgehead atoms. The molecule has 6 heteroatoms. The third-order valence-electron chi connectivity index (χ3n) is 2.42. The Labute approximate surface area is 108 Å². The molecule has 0 radical (unpaired) electrons. The third kappa shape index (κ3) is 2.43. The lowest BCUT2D eigenvalue weighted by atomic mass is 10.0. The number of benzene rings is 1. The summed E-state index contributed by atoms with van der Waals surface area (Å²) >= 11 is 17.6. The highest BCUT2D eigenvalue weighted by molar-refractivity contribution is 6.44. The van der Waals surface area contributed by atoms with Crippen molar-refractivity contribution in [2.45, 2.75) is 0 Å². The average Bonchev–Trinajstić information content (AvgIpc) is 2.11. The van der Waals surface area contributed by atoms with Gasteiger partial charge in [-0.05, 0) is 12.1 Å². The van der Waals surface area contributed by atoms with Crippen molar-refractivity contribution in [2.24, 2.45) is 5.92 Å². The van der Waals surface area contributed by atoms with Gasteiger partial charge in [-0.25, -0.2) is 0 Å². The van der Waals surface area contributed by atoms with E-state index in [0.29, 0.717) is 33.8 Å². The Morgan fingerprint density at radius 3 is 2.38 bits per heavy atom. The van der Waals surface area contributed by atoms with Gasteiger partial charge in [0.15, 0.2) is 0 Å². The Bertz CT molecular complexity index is 432. The van der Waals surface area contributed by atoms with E-state index in [0.717, 1.165) is 0 Å². The van der Waals surface area contributed by atoms with Crippen LogP contribution in [-0.2, 0) is 4.79 Å². The summed E-state index contributed by atoms with van der Waals surface area (Å²) < 4.78 is 0. The first-order valence-electron chi connectivity index (χ1n) is 4.74. The van der Waals surface area contributed by atoms with Crippen LogP contribution in [-0.4, -0.2) is 19.0 Å². The number of nitrogens with one attached hydrogen (secondary N) is 2. The van der Waals surface area contributed by atoms with Crippen LogP contribution in [0.15, 0.2) is 12.1 Å². The van der Waals surface area contributed by atoms with Crippen LogP contribution in [0, 0.1) is 5.92 Å². The molecule has 0 saturated carbocycles. The van der Waals surface area contributed by atoms with Crippen molar-refractivity contribution < 1.29 is 4.79 Å². The Kier molecular flexibility index (Phi) is 3.60. The maximum Gasteiger partial charge on any atom is 0.230 e. The fourth-order valence-electron chi connectivity index (χ4n) is 1.33. The highest BCUT2D eigenvalue weighted by Gasteiger charge is 2.25. The normalized spacial score (nSPS) is 15.7. The van der Waals surface area contributed by atoms with Crippen LogP contribution in [0.3, 0.4) is 0 Å². The molecule has 1 aliphatic rings. The SMILES string of the molecule is O=C(Nc1cc(Cl)c(Cl)cc1Cl)C1CNC1. The maximum atomic E-state index is 11.7. The maximum absolute atomic E-state index is 11.7. The molecular formula is C10H9Cl3N2O. The highest BCUT2D eigenvalue weighted by atomic mass is 35.5. The van der Waals surface area contributed by atoms with Crippen molar-refractivity contribution in [1.29, 1.82) is 0 Å². The van der Waals surface area contributed by atoms with Gasteiger partial charge >= 0.3 is 0 Å². The highest BCUT2D eigenvalue weighted by Crippen LogP contribution is 2.32. The van der Waals surface area contributed by atoms with Gasteiger partial charge < -0.3 is 10.6 Å². The number of anilines is 1. The minimum atomic E-state index is -0.0564. The molecule has 1 fully saturated rings. The topological polar surface area (TPSA) is 41.1 Å². The van der Waals surface area contributed by atoms with Crippen molar-refractivity contribution in [1.82, 2.24) is 5.32 Å². The van der Waals surface area contributed by atoms with E-state index in [4.69, 9.17) is 34.8 Å². The lowest BCUT2D eigenvalue weighted by Gasteiger charge is -2.26. The summed E-state index contributed by atoms with van der Waals surface area (Å²) in [7, 11) is 0. The Morgan fingerprint density at radius 2 is 1.81 bits per heavy atom. The average molecular weight is 280 g/mol. The zero-order valence-electron chi connectivity index (χ0n) is 8.19. The monoisotopic (exact) mass is 278 g/mol. The Morgan fingerprint density at radius 1 is 1.19 bits per heavy atom. The van der Waals surface area contributed by atoms with Gasteiger partial charge in [0.05, 0.1) is 26.7 Å². The molecule has 2 rings (SSSR count). The summed E-state index contributed by atoms with van der Waals surface area (Å²) in [6, 6.07) is 3.07. The van der Waals surface area contributed by atoms with Crippen molar-refractivity contribution in [3.05, 3.63) is 27.2 Å². The molecule has 0 aliphatic carbocycles. The molecule has 1 aromatic rings. The van der Waals surface area contributed by atoms with Gasteiger partial charge in [-0.15, -0.1) is 0 Å². The van der Waals surface area contributed by atoms with Crippen LogP contribution in [0.4, 0.5) is 5.69 Å². The van der Waals surface area contributed by atoms with E-state index < -0.39 is 0 Å². The number of carbonyl (C=O) groups is 1. The smallest absolute Gasteiger partial charge is 0.230 e. The van der Waals surface area contributed by atoms with E-state index in [2.05, 4.69) is 10.6 Å². The molecule has 0 atom stereocenters. The van der Waals surface area contributed by atoms with Crippen molar-refractivity contribution in [3.63, 3.8) is 0 Å². The van der Waals surface area contributed by atoms with E-state index in [1.165, 1.54) is 6.07 Å². The number of hydrogen-bond acceptors (Lipinski definition) is 2. The van der Waals surface area contributed by atoms with E-state index in [1.54, 1.807) is 6.07 Å². The Balaban J connectivity index is 2.14. The van der Waals surface area contributed by atoms with Crippen LogP contribution in [0.2, 0.25) is 15.1 Å². The first-order chi connectivity index (χ1) is 7.58. The van der Waals surface area contributed by atoms with Gasteiger partial charge in [0.25, 0.3) is 0 Å². The summed E-state index contributed by atoms with van der Waals surface area (Å²) in [6.07, 6.45) is 0.